The van der Waals surface area contributed by atoms with Gasteiger partial charge in [0.2, 0.25) is 5.75 Å². The van der Waals surface area contributed by atoms with Crippen molar-refractivity contribution in [3.8, 4) is 11.5 Å². The average molecular weight is 314 g/mol. The van der Waals surface area contributed by atoms with E-state index in [0.29, 0.717) is 12.1 Å². The second kappa shape index (κ2) is 6.92. The maximum Gasteiger partial charge on any atom is 0.320 e. The van der Waals surface area contributed by atoms with E-state index in [0.717, 1.165) is 0 Å². The summed E-state index contributed by atoms with van der Waals surface area (Å²) in [4.78, 5) is 18.3. The Labute approximate surface area is 121 Å². The Balaban J connectivity index is 0.000000255. The van der Waals surface area contributed by atoms with E-state index in [1.54, 1.807) is 6.07 Å². The highest BCUT2D eigenvalue weighted by Crippen LogP contribution is 2.32. The molecule has 2 aromatic rings. The van der Waals surface area contributed by atoms with Gasteiger partial charge >= 0.3 is 5.69 Å². The maximum absolute atomic E-state index is 12.7. The molecule has 0 bridgehead atoms. The van der Waals surface area contributed by atoms with Gasteiger partial charge in [-0.3, -0.25) is 20.2 Å². The number of non-ortho nitro benzene ring substituents is 1. The Morgan fingerprint density at radius 2 is 1.50 bits per heavy atom. The van der Waals surface area contributed by atoms with Crippen molar-refractivity contribution in [2.75, 3.05) is 0 Å². The molecule has 0 amide bonds. The predicted molar refractivity (Wildman–Crippen MR) is 69.4 cm³/mol. The van der Waals surface area contributed by atoms with Gasteiger partial charge in [0, 0.05) is 0 Å². The van der Waals surface area contributed by atoms with Crippen molar-refractivity contribution in [1.82, 2.24) is 0 Å². The molecule has 0 fully saturated rings. The zero-order valence-electron chi connectivity index (χ0n) is 10.6. The van der Waals surface area contributed by atoms with Crippen LogP contribution in [0.2, 0.25) is 0 Å². The van der Waals surface area contributed by atoms with Gasteiger partial charge in [0.15, 0.2) is 17.4 Å². The molecule has 0 unspecified atom stereocenters. The molecule has 0 aliphatic carbocycles. The molecule has 22 heavy (non-hydrogen) atoms. The predicted octanol–water partition coefficient (Wildman–Crippen LogP) is 2.88. The summed E-state index contributed by atoms with van der Waals surface area (Å²) < 4.78 is 24.8. The maximum atomic E-state index is 12.7. The molecule has 0 aliphatic heterocycles. The lowest BCUT2D eigenvalue weighted by Gasteiger charge is -1.97. The smallest absolute Gasteiger partial charge is 0.320 e. The first-order valence-corrected chi connectivity index (χ1v) is 5.48. The minimum Gasteiger partial charge on any atom is -0.505 e. The van der Waals surface area contributed by atoms with Gasteiger partial charge in [0.05, 0.1) is 22.0 Å². The van der Waals surface area contributed by atoms with Crippen molar-refractivity contribution in [1.29, 1.82) is 0 Å². The SMILES string of the molecule is O=[N+]([O-])c1cc(F)c(O)c([N+](=O)[O-])c1.Oc1ccccc1F. The average Bonchev–Trinajstić information content (AvgIpc) is 2.45. The van der Waals surface area contributed by atoms with Gasteiger partial charge in [-0.05, 0) is 12.1 Å². The fraction of sp³-hybridized carbons (Fsp3) is 0. The van der Waals surface area contributed by atoms with Crippen molar-refractivity contribution >= 4 is 11.4 Å². The number of para-hydroxylation sites is 1. The van der Waals surface area contributed by atoms with E-state index in [9.17, 15) is 29.0 Å². The third-order valence-corrected chi connectivity index (χ3v) is 2.29. The Bertz CT molecular complexity index is 702. The summed E-state index contributed by atoms with van der Waals surface area (Å²) in [6.45, 7) is 0. The molecule has 0 saturated heterocycles. The van der Waals surface area contributed by atoms with Crippen LogP contribution in [0.4, 0.5) is 20.2 Å². The minimum absolute atomic E-state index is 0.299. The largest absolute Gasteiger partial charge is 0.505 e. The summed E-state index contributed by atoms with van der Waals surface area (Å²) in [5, 5.41) is 37.8. The molecule has 0 spiro atoms. The number of aromatic hydroxyl groups is 2. The Morgan fingerprint density at radius 3 is 1.91 bits per heavy atom. The molecule has 0 atom stereocenters. The van der Waals surface area contributed by atoms with Crippen LogP contribution in [0, 0.1) is 31.9 Å². The first-order chi connectivity index (χ1) is 10.2. The van der Waals surface area contributed by atoms with E-state index in [4.69, 9.17) is 10.2 Å². The monoisotopic (exact) mass is 314 g/mol. The van der Waals surface area contributed by atoms with Gasteiger partial charge in [0.25, 0.3) is 5.69 Å². The standard InChI is InChI=1S/C6H3FN2O5.C6H5FO/c7-4-1-3(8(11)12)2-5(6(4)10)9(13)14;7-5-3-1-2-4-6(5)8/h1-2,10H;1-4,8H. The Morgan fingerprint density at radius 1 is 0.909 bits per heavy atom. The van der Waals surface area contributed by atoms with Gasteiger partial charge in [-0.15, -0.1) is 0 Å². The Kier molecular flexibility index (Phi) is 5.27. The highest BCUT2D eigenvalue weighted by molar-refractivity contribution is 5.53. The normalized spacial score (nSPS) is 9.55. The molecule has 0 aliphatic rings. The van der Waals surface area contributed by atoms with E-state index in [2.05, 4.69) is 0 Å². The zero-order valence-corrected chi connectivity index (χ0v) is 10.6. The third-order valence-electron chi connectivity index (χ3n) is 2.29. The highest BCUT2D eigenvalue weighted by atomic mass is 19.1. The van der Waals surface area contributed by atoms with Crippen LogP contribution < -0.4 is 0 Å². The number of phenols is 2. The van der Waals surface area contributed by atoms with E-state index >= 15 is 0 Å². The lowest BCUT2D eigenvalue weighted by molar-refractivity contribution is -0.395. The quantitative estimate of drug-likeness (QED) is 0.648. The second-order valence-electron chi connectivity index (χ2n) is 3.76. The number of benzene rings is 2. The molecular weight excluding hydrogens is 306 g/mol. The van der Waals surface area contributed by atoms with Crippen molar-refractivity contribution in [3.05, 3.63) is 68.3 Å². The van der Waals surface area contributed by atoms with Crippen LogP contribution in [0.1, 0.15) is 0 Å². The van der Waals surface area contributed by atoms with Crippen molar-refractivity contribution < 1.29 is 28.8 Å². The lowest BCUT2D eigenvalue weighted by atomic mass is 10.2. The van der Waals surface area contributed by atoms with Gasteiger partial charge in [-0.1, -0.05) is 12.1 Å². The molecule has 0 radical (unpaired) electrons. The van der Waals surface area contributed by atoms with Crippen LogP contribution in [-0.2, 0) is 0 Å². The third kappa shape index (κ3) is 4.10. The first kappa shape index (κ1) is 16.8. The summed E-state index contributed by atoms with van der Waals surface area (Å²) in [6, 6.07) is 6.48. The van der Waals surface area contributed by atoms with Gasteiger partial charge in [-0.2, -0.15) is 0 Å². The molecule has 0 saturated carbocycles. The summed E-state index contributed by atoms with van der Waals surface area (Å²) in [5.41, 5.74) is -1.82. The van der Waals surface area contributed by atoms with E-state index in [1.165, 1.54) is 18.2 Å². The molecule has 116 valence electrons. The van der Waals surface area contributed by atoms with Crippen LogP contribution in [0.15, 0.2) is 36.4 Å². The molecular formula is C12H8F2N2O6. The minimum atomic E-state index is -1.40. The van der Waals surface area contributed by atoms with Crippen molar-refractivity contribution in [2.45, 2.75) is 0 Å². The number of nitrogens with zero attached hydrogens (tertiary/aromatic N) is 2. The van der Waals surface area contributed by atoms with Crippen LogP contribution in [0.25, 0.3) is 0 Å². The number of nitro groups is 2. The number of hydrogen-bond donors (Lipinski definition) is 2. The van der Waals surface area contributed by atoms with Crippen LogP contribution in [-0.4, -0.2) is 20.1 Å². The second-order valence-corrected chi connectivity index (χ2v) is 3.76. The van der Waals surface area contributed by atoms with Crippen molar-refractivity contribution in [2.24, 2.45) is 0 Å². The molecule has 2 rings (SSSR count). The van der Waals surface area contributed by atoms with Gasteiger partial charge in [0.1, 0.15) is 0 Å². The van der Waals surface area contributed by atoms with E-state index in [1.807, 2.05) is 0 Å². The summed E-state index contributed by atoms with van der Waals surface area (Å²) in [6.07, 6.45) is 0. The lowest BCUT2D eigenvalue weighted by Crippen LogP contribution is -1.95. The van der Waals surface area contributed by atoms with Crippen LogP contribution in [0.5, 0.6) is 11.5 Å². The van der Waals surface area contributed by atoms with Gasteiger partial charge < -0.3 is 10.2 Å². The molecule has 2 aromatic carbocycles. The van der Waals surface area contributed by atoms with Crippen LogP contribution >= 0.6 is 0 Å². The number of hydrogen-bond acceptors (Lipinski definition) is 6. The number of phenolic OH excluding ortho intramolecular Hbond substituents is 2. The topological polar surface area (TPSA) is 127 Å². The van der Waals surface area contributed by atoms with Gasteiger partial charge in [-0.25, -0.2) is 8.78 Å². The fourth-order valence-electron chi connectivity index (χ4n) is 1.27. The fourth-order valence-corrected chi connectivity index (χ4v) is 1.27. The first-order valence-electron chi connectivity index (χ1n) is 5.48. The molecule has 0 aromatic heterocycles. The van der Waals surface area contributed by atoms with E-state index in [-0.39, 0.29) is 5.75 Å². The summed E-state index contributed by atoms with van der Waals surface area (Å²) in [7, 11) is 0. The van der Waals surface area contributed by atoms with Crippen molar-refractivity contribution in [3.63, 3.8) is 0 Å². The zero-order chi connectivity index (χ0) is 16.9. The number of halogens is 2. The summed E-state index contributed by atoms with van der Waals surface area (Å²) in [5.74, 6) is -3.48. The molecule has 2 N–H and O–H groups in total. The molecule has 8 nitrogen and oxygen atoms in total. The molecule has 10 heteroatoms. The Hall–Kier alpha value is -3.30. The van der Waals surface area contributed by atoms with E-state index < -0.39 is 38.6 Å². The number of nitro benzene ring substituents is 2. The van der Waals surface area contributed by atoms with Crippen LogP contribution in [0.3, 0.4) is 0 Å². The molecule has 0 heterocycles. The highest BCUT2D eigenvalue weighted by Gasteiger charge is 2.23. The number of rotatable bonds is 2. The summed E-state index contributed by atoms with van der Waals surface area (Å²) >= 11 is 0.